The number of aliphatic hydroxyl groups is 1. The van der Waals surface area contributed by atoms with Gasteiger partial charge in [-0.25, -0.2) is 12.8 Å². The molecular weight excluding hydrogens is 333 g/mol. The van der Waals surface area contributed by atoms with E-state index in [0.717, 1.165) is 12.8 Å². The maximum Gasteiger partial charge on any atom is 0.162 e. The van der Waals surface area contributed by atoms with Gasteiger partial charge in [0.1, 0.15) is 23.1 Å². The van der Waals surface area contributed by atoms with Crippen LogP contribution in [0.5, 0.6) is 0 Å². The van der Waals surface area contributed by atoms with E-state index < -0.39 is 33.2 Å². The lowest BCUT2D eigenvalue weighted by molar-refractivity contribution is 0.224. The summed E-state index contributed by atoms with van der Waals surface area (Å²) in [6.45, 7) is 1.53. The lowest BCUT2D eigenvalue weighted by atomic mass is 10.1. The molecule has 0 amide bonds. The molecule has 1 aliphatic carbocycles. The Kier molecular flexibility index (Phi) is 4.52. The largest absolute Gasteiger partial charge is 0.386 e. The third-order valence-electron chi connectivity index (χ3n) is 4.43. The van der Waals surface area contributed by atoms with Crippen molar-refractivity contribution in [2.24, 2.45) is 16.6 Å². The first-order valence-electron chi connectivity index (χ1n) is 8.05. The normalized spacial score (nSPS) is 27.4. The highest BCUT2D eigenvalue weighted by atomic mass is 32.2. The van der Waals surface area contributed by atoms with Crippen LogP contribution < -0.4 is 11.1 Å². The highest BCUT2D eigenvalue weighted by Gasteiger charge is 2.40. The number of anilines is 1. The highest BCUT2D eigenvalue weighted by Crippen LogP contribution is 2.38. The van der Waals surface area contributed by atoms with Gasteiger partial charge in [-0.2, -0.15) is 0 Å². The smallest absolute Gasteiger partial charge is 0.162 e. The van der Waals surface area contributed by atoms with Crippen LogP contribution in [0.1, 0.15) is 37.8 Å². The van der Waals surface area contributed by atoms with E-state index in [-0.39, 0.29) is 17.2 Å². The van der Waals surface area contributed by atoms with Crippen molar-refractivity contribution >= 4 is 21.4 Å². The Labute approximate surface area is 140 Å². The summed E-state index contributed by atoms with van der Waals surface area (Å²) < 4.78 is 39.3. The summed E-state index contributed by atoms with van der Waals surface area (Å²) in [6.07, 6.45) is 1.76. The first-order valence-corrected chi connectivity index (χ1v) is 9.76. The van der Waals surface area contributed by atoms with E-state index >= 15 is 0 Å². The molecule has 8 heteroatoms. The number of rotatable bonds is 5. The summed E-state index contributed by atoms with van der Waals surface area (Å²) in [7, 11) is -3.47. The zero-order valence-corrected chi connectivity index (χ0v) is 14.3. The zero-order valence-electron chi connectivity index (χ0n) is 13.4. The van der Waals surface area contributed by atoms with Crippen molar-refractivity contribution in [1.82, 2.24) is 0 Å². The van der Waals surface area contributed by atoms with Crippen molar-refractivity contribution in [1.29, 1.82) is 0 Å². The first-order chi connectivity index (χ1) is 11.3. The van der Waals surface area contributed by atoms with E-state index in [2.05, 4.69) is 10.3 Å². The average molecular weight is 355 g/mol. The summed E-state index contributed by atoms with van der Waals surface area (Å²) >= 11 is 0. The first kappa shape index (κ1) is 17.2. The molecule has 0 spiro atoms. The lowest BCUT2D eigenvalue weighted by Crippen LogP contribution is -2.43. The number of aliphatic hydroxyl groups excluding tert-OH is 1. The van der Waals surface area contributed by atoms with Crippen LogP contribution in [-0.4, -0.2) is 36.6 Å². The molecule has 0 bridgehead atoms. The van der Waals surface area contributed by atoms with Crippen molar-refractivity contribution in [2.45, 2.75) is 43.7 Å². The number of amidine groups is 1. The molecular formula is C16H22FN3O3S. The van der Waals surface area contributed by atoms with Gasteiger partial charge in [-0.3, -0.25) is 4.99 Å². The van der Waals surface area contributed by atoms with Crippen LogP contribution in [0.3, 0.4) is 0 Å². The Morgan fingerprint density at radius 1 is 1.46 bits per heavy atom. The van der Waals surface area contributed by atoms with Crippen molar-refractivity contribution in [3.8, 4) is 0 Å². The maximum atomic E-state index is 14.2. The van der Waals surface area contributed by atoms with E-state index in [9.17, 15) is 17.9 Å². The fourth-order valence-electron chi connectivity index (χ4n) is 3.03. The second-order valence-electron chi connectivity index (χ2n) is 6.62. The van der Waals surface area contributed by atoms with Crippen LogP contribution in [0, 0.1) is 11.7 Å². The molecule has 1 saturated carbocycles. The van der Waals surface area contributed by atoms with E-state index in [0.29, 0.717) is 18.0 Å². The predicted molar refractivity (Wildman–Crippen MR) is 91.0 cm³/mol. The second kappa shape index (κ2) is 6.33. The molecule has 2 aliphatic rings. The minimum absolute atomic E-state index is 0.0754. The van der Waals surface area contributed by atoms with Crippen LogP contribution in [0.2, 0.25) is 0 Å². The Morgan fingerprint density at radius 2 is 2.17 bits per heavy atom. The van der Waals surface area contributed by atoms with Crippen molar-refractivity contribution in [3.63, 3.8) is 0 Å². The van der Waals surface area contributed by atoms with E-state index in [1.165, 1.54) is 25.1 Å². The predicted octanol–water partition coefficient (Wildman–Crippen LogP) is 1.57. The summed E-state index contributed by atoms with van der Waals surface area (Å²) in [5.74, 6) is -0.305. The molecule has 132 valence electrons. The SMILES string of the molecule is CC(O)Nc1ccc(F)c(C2CS(=O)(=O)C(CC3CC3)C(N)=N2)c1. The highest BCUT2D eigenvalue weighted by molar-refractivity contribution is 7.92. The number of halogens is 1. The van der Waals surface area contributed by atoms with Crippen LogP contribution in [0.15, 0.2) is 23.2 Å². The molecule has 3 unspecified atom stereocenters. The number of benzene rings is 1. The summed E-state index contributed by atoms with van der Waals surface area (Å²) in [4.78, 5) is 4.28. The number of sulfone groups is 1. The van der Waals surface area contributed by atoms with Gasteiger partial charge >= 0.3 is 0 Å². The monoisotopic (exact) mass is 355 g/mol. The van der Waals surface area contributed by atoms with Gasteiger partial charge in [0, 0.05) is 11.3 Å². The molecule has 0 aromatic heterocycles. The number of aliphatic imine (C=N–C) groups is 1. The fraction of sp³-hybridized carbons (Fsp3) is 0.562. The van der Waals surface area contributed by atoms with Crippen LogP contribution in [-0.2, 0) is 9.84 Å². The molecule has 0 radical (unpaired) electrons. The summed E-state index contributed by atoms with van der Waals surface area (Å²) in [6, 6.07) is 3.32. The molecule has 1 aromatic carbocycles. The number of hydrogen-bond acceptors (Lipinski definition) is 6. The maximum absolute atomic E-state index is 14.2. The van der Waals surface area contributed by atoms with Gasteiger partial charge in [0.25, 0.3) is 0 Å². The molecule has 1 fully saturated rings. The molecule has 3 atom stereocenters. The number of nitrogens with zero attached hydrogens (tertiary/aromatic N) is 1. The van der Waals surface area contributed by atoms with Crippen molar-refractivity contribution < 1.29 is 17.9 Å². The topological polar surface area (TPSA) is 105 Å². The lowest BCUT2D eigenvalue weighted by Gasteiger charge is -2.27. The van der Waals surface area contributed by atoms with E-state index in [4.69, 9.17) is 5.73 Å². The molecule has 1 aromatic rings. The third-order valence-corrected chi connectivity index (χ3v) is 6.51. The third kappa shape index (κ3) is 3.70. The molecule has 1 aliphatic heterocycles. The van der Waals surface area contributed by atoms with Gasteiger partial charge in [-0.15, -0.1) is 0 Å². The number of hydrogen-bond donors (Lipinski definition) is 3. The molecule has 6 nitrogen and oxygen atoms in total. The molecule has 1 heterocycles. The average Bonchev–Trinajstić information content (AvgIpc) is 3.28. The Hall–Kier alpha value is -1.67. The minimum atomic E-state index is -3.47. The minimum Gasteiger partial charge on any atom is -0.386 e. The number of nitrogens with two attached hydrogens (primary N) is 1. The molecule has 0 saturated heterocycles. The van der Waals surface area contributed by atoms with E-state index in [1.54, 1.807) is 0 Å². The summed E-state index contributed by atoms with van der Waals surface area (Å²) in [5, 5.41) is 11.4. The van der Waals surface area contributed by atoms with Gasteiger partial charge in [0.05, 0.1) is 11.8 Å². The molecule has 3 rings (SSSR count). The van der Waals surface area contributed by atoms with Gasteiger partial charge in [0.2, 0.25) is 0 Å². The molecule has 4 N–H and O–H groups in total. The van der Waals surface area contributed by atoms with Gasteiger partial charge in [0.15, 0.2) is 9.84 Å². The van der Waals surface area contributed by atoms with Gasteiger partial charge in [-0.1, -0.05) is 12.8 Å². The number of nitrogens with one attached hydrogen (secondary N) is 1. The van der Waals surface area contributed by atoms with Crippen molar-refractivity contribution in [3.05, 3.63) is 29.6 Å². The van der Waals surface area contributed by atoms with Crippen LogP contribution in [0.4, 0.5) is 10.1 Å². The Morgan fingerprint density at radius 3 is 2.75 bits per heavy atom. The zero-order chi connectivity index (χ0) is 17.5. The Bertz CT molecular complexity index is 760. The molecule has 24 heavy (non-hydrogen) atoms. The van der Waals surface area contributed by atoms with Crippen LogP contribution in [0.25, 0.3) is 0 Å². The van der Waals surface area contributed by atoms with E-state index in [1.807, 2.05) is 0 Å². The quantitative estimate of drug-likeness (QED) is 0.696. The van der Waals surface area contributed by atoms with Crippen molar-refractivity contribution in [2.75, 3.05) is 11.1 Å². The Balaban J connectivity index is 1.91. The fourth-order valence-corrected chi connectivity index (χ4v) is 4.95. The van der Waals surface area contributed by atoms with Gasteiger partial charge in [-0.05, 0) is 37.5 Å². The standard InChI is InChI=1S/C16H22FN3O3S/c1-9(21)19-11-4-5-13(17)12(7-11)14-8-24(22,23)15(16(18)20-14)6-10-2-3-10/h4-5,7,9-10,14-15,19,21H,2-3,6,8H2,1H3,(H2,18,20). The second-order valence-corrected chi connectivity index (χ2v) is 8.85. The summed E-state index contributed by atoms with van der Waals surface area (Å²) in [5.41, 5.74) is 6.58. The van der Waals surface area contributed by atoms with Gasteiger partial charge < -0.3 is 16.2 Å². The van der Waals surface area contributed by atoms with Crippen LogP contribution >= 0.6 is 0 Å².